The van der Waals surface area contributed by atoms with Gasteiger partial charge in [0, 0.05) is 19.5 Å². The van der Waals surface area contributed by atoms with Gasteiger partial charge in [0.15, 0.2) is 0 Å². The van der Waals surface area contributed by atoms with Gasteiger partial charge in [-0.3, -0.25) is 19.4 Å². The minimum absolute atomic E-state index is 0.126. The highest BCUT2D eigenvalue weighted by atomic mass is 16.5. The fourth-order valence-electron chi connectivity index (χ4n) is 4.08. The number of H-pyrrole nitrogens is 1. The van der Waals surface area contributed by atoms with Crippen LogP contribution in [0.25, 0.3) is 0 Å². The third-order valence-corrected chi connectivity index (χ3v) is 5.58. The van der Waals surface area contributed by atoms with Crippen molar-refractivity contribution in [3.05, 3.63) is 40.2 Å². The van der Waals surface area contributed by atoms with Crippen LogP contribution in [0.3, 0.4) is 0 Å². The minimum Gasteiger partial charge on any atom is -0.495 e. The van der Waals surface area contributed by atoms with Gasteiger partial charge in [0.2, 0.25) is 17.8 Å². The van der Waals surface area contributed by atoms with E-state index in [0.29, 0.717) is 23.3 Å². The van der Waals surface area contributed by atoms with Gasteiger partial charge in [0.1, 0.15) is 11.6 Å². The number of carbonyl (C=O) groups excluding carboxylic acids is 2. The van der Waals surface area contributed by atoms with E-state index in [1.165, 1.54) is 7.11 Å². The molecule has 2 amide bonds. The van der Waals surface area contributed by atoms with Crippen LogP contribution in [0.1, 0.15) is 37.7 Å². The van der Waals surface area contributed by atoms with Crippen molar-refractivity contribution in [2.24, 2.45) is 5.92 Å². The molecular weight excluding hydrogens is 386 g/mol. The molecule has 0 saturated carbocycles. The van der Waals surface area contributed by atoms with Crippen LogP contribution in [-0.4, -0.2) is 42.0 Å². The maximum Gasteiger partial charge on any atom is 0.258 e. The van der Waals surface area contributed by atoms with E-state index in [1.54, 1.807) is 24.3 Å². The summed E-state index contributed by atoms with van der Waals surface area (Å²) >= 11 is 0. The Balaban J connectivity index is 1.65. The molecule has 1 fully saturated rings. The molecule has 158 valence electrons. The highest BCUT2D eigenvalue weighted by Crippen LogP contribution is 2.32. The molecular formula is C21H25N5O4. The molecule has 3 heterocycles. The molecule has 1 aromatic carbocycles. The van der Waals surface area contributed by atoms with Gasteiger partial charge in [-0.2, -0.15) is 4.98 Å². The second kappa shape index (κ2) is 8.17. The van der Waals surface area contributed by atoms with E-state index in [4.69, 9.17) is 4.74 Å². The molecule has 1 saturated heterocycles. The summed E-state index contributed by atoms with van der Waals surface area (Å²) in [6.07, 6.45) is 2.02. The number of fused-ring (bicyclic) bond motifs is 1. The number of piperidine rings is 1. The van der Waals surface area contributed by atoms with Crippen molar-refractivity contribution < 1.29 is 14.3 Å². The van der Waals surface area contributed by atoms with Crippen molar-refractivity contribution in [3.63, 3.8) is 0 Å². The van der Waals surface area contributed by atoms with Crippen molar-refractivity contribution in [1.82, 2.24) is 9.97 Å². The average Bonchev–Trinajstić information content (AvgIpc) is 2.73. The number of amides is 2. The van der Waals surface area contributed by atoms with Gasteiger partial charge in [-0.05, 0) is 30.9 Å². The highest BCUT2D eigenvalue weighted by Gasteiger charge is 2.35. The third-order valence-electron chi connectivity index (χ3n) is 5.58. The second-order valence-electron chi connectivity index (χ2n) is 7.84. The van der Waals surface area contributed by atoms with E-state index in [-0.39, 0.29) is 23.7 Å². The summed E-state index contributed by atoms with van der Waals surface area (Å²) in [6.45, 7) is 3.73. The van der Waals surface area contributed by atoms with E-state index in [2.05, 4.69) is 27.5 Å². The van der Waals surface area contributed by atoms with Gasteiger partial charge in [0.05, 0.1) is 24.3 Å². The lowest BCUT2D eigenvalue weighted by Gasteiger charge is -2.32. The van der Waals surface area contributed by atoms with Gasteiger partial charge in [0.25, 0.3) is 5.56 Å². The molecule has 2 unspecified atom stereocenters. The lowest BCUT2D eigenvalue weighted by atomic mass is 9.92. The molecule has 9 nitrogen and oxygen atoms in total. The van der Waals surface area contributed by atoms with Crippen molar-refractivity contribution in [1.29, 1.82) is 0 Å². The summed E-state index contributed by atoms with van der Waals surface area (Å²) in [7, 11) is 1.51. The lowest BCUT2D eigenvalue weighted by Crippen LogP contribution is -2.40. The Morgan fingerprint density at radius 2 is 2.10 bits per heavy atom. The number of aromatic nitrogens is 2. The summed E-state index contributed by atoms with van der Waals surface area (Å²) in [5, 5.41) is 5.43. The first-order valence-corrected chi connectivity index (χ1v) is 10.1. The van der Waals surface area contributed by atoms with Crippen LogP contribution >= 0.6 is 0 Å². The number of nitrogens with one attached hydrogen (secondary N) is 3. The van der Waals surface area contributed by atoms with Gasteiger partial charge in [-0.1, -0.05) is 19.1 Å². The van der Waals surface area contributed by atoms with Gasteiger partial charge in [-0.25, -0.2) is 0 Å². The fourth-order valence-corrected chi connectivity index (χ4v) is 4.08. The number of para-hydroxylation sites is 2. The summed E-state index contributed by atoms with van der Waals surface area (Å²) < 4.78 is 5.26. The van der Waals surface area contributed by atoms with Crippen LogP contribution in [0.5, 0.6) is 5.75 Å². The number of anilines is 3. The zero-order chi connectivity index (χ0) is 21.3. The summed E-state index contributed by atoms with van der Waals surface area (Å²) in [5.74, 6) is -0.174. The molecule has 4 rings (SSSR count). The number of ether oxygens (including phenoxy) is 1. The molecule has 0 spiro atoms. The van der Waals surface area contributed by atoms with Crippen LogP contribution < -0.4 is 25.8 Å². The number of methoxy groups -OCH3 is 1. The first kappa shape index (κ1) is 19.9. The SMILES string of the molecule is COc1ccccc1NC(=O)C1CC(=O)Nc2nc(N3CCCC(C)C3)[nH]c(=O)c21. The number of rotatable bonds is 4. The van der Waals surface area contributed by atoms with Crippen molar-refractivity contribution >= 4 is 29.3 Å². The predicted molar refractivity (Wildman–Crippen MR) is 113 cm³/mol. The predicted octanol–water partition coefficient (Wildman–Crippen LogP) is 2.08. The first-order chi connectivity index (χ1) is 14.5. The topological polar surface area (TPSA) is 116 Å². The molecule has 0 radical (unpaired) electrons. The fraction of sp³-hybridized carbons (Fsp3) is 0.429. The van der Waals surface area contributed by atoms with Crippen molar-refractivity contribution in [2.45, 2.75) is 32.1 Å². The van der Waals surface area contributed by atoms with E-state index in [1.807, 2.05) is 4.90 Å². The lowest BCUT2D eigenvalue weighted by molar-refractivity contribution is -0.123. The molecule has 0 bridgehead atoms. The largest absolute Gasteiger partial charge is 0.495 e. The minimum atomic E-state index is -0.941. The molecule has 1 aromatic heterocycles. The number of hydrogen-bond acceptors (Lipinski definition) is 6. The molecule has 2 atom stereocenters. The Morgan fingerprint density at radius 1 is 1.30 bits per heavy atom. The van der Waals surface area contributed by atoms with E-state index in [0.717, 1.165) is 25.9 Å². The van der Waals surface area contributed by atoms with E-state index < -0.39 is 17.4 Å². The summed E-state index contributed by atoms with van der Waals surface area (Å²) in [5.41, 5.74) is 0.241. The maximum absolute atomic E-state index is 13.0. The Bertz CT molecular complexity index is 1030. The van der Waals surface area contributed by atoms with Crippen LogP contribution in [0.15, 0.2) is 29.1 Å². The molecule has 0 aliphatic carbocycles. The maximum atomic E-state index is 13.0. The molecule has 30 heavy (non-hydrogen) atoms. The molecule has 9 heteroatoms. The zero-order valence-corrected chi connectivity index (χ0v) is 17.0. The normalized spacial score (nSPS) is 20.9. The second-order valence-corrected chi connectivity index (χ2v) is 7.84. The smallest absolute Gasteiger partial charge is 0.258 e. The number of carbonyl (C=O) groups is 2. The zero-order valence-electron chi connectivity index (χ0n) is 17.0. The van der Waals surface area contributed by atoms with Crippen molar-refractivity contribution in [3.8, 4) is 5.75 Å². The first-order valence-electron chi connectivity index (χ1n) is 10.1. The number of nitrogens with zero attached hydrogens (tertiary/aromatic N) is 2. The molecule has 3 N–H and O–H groups in total. The number of aromatic amines is 1. The third kappa shape index (κ3) is 3.87. The molecule has 2 aromatic rings. The summed E-state index contributed by atoms with van der Waals surface area (Å²) in [4.78, 5) is 47.5. The average molecular weight is 411 g/mol. The Morgan fingerprint density at radius 3 is 2.87 bits per heavy atom. The van der Waals surface area contributed by atoms with Crippen LogP contribution in [0.4, 0.5) is 17.5 Å². The van der Waals surface area contributed by atoms with Crippen LogP contribution in [0.2, 0.25) is 0 Å². The van der Waals surface area contributed by atoms with Gasteiger partial charge >= 0.3 is 0 Å². The summed E-state index contributed by atoms with van der Waals surface area (Å²) in [6, 6.07) is 6.97. The highest BCUT2D eigenvalue weighted by molar-refractivity contribution is 6.04. The molecule has 2 aliphatic heterocycles. The van der Waals surface area contributed by atoms with E-state index in [9.17, 15) is 14.4 Å². The standard InChI is InChI=1S/C21H25N5O4/c1-12-6-5-9-26(11-12)21-24-18-17(20(29)25-21)13(10-16(27)23-18)19(28)22-14-7-3-4-8-15(14)30-2/h3-4,7-8,12-13H,5-6,9-11H2,1-2H3,(H,22,28)(H2,23,24,25,27,29). The monoisotopic (exact) mass is 411 g/mol. The van der Waals surface area contributed by atoms with E-state index >= 15 is 0 Å². The molecule has 2 aliphatic rings. The Kier molecular flexibility index (Phi) is 5.43. The van der Waals surface area contributed by atoms with Crippen LogP contribution in [-0.2, 0) is 9.59 Å². The number of hydrogen-bond donors (Lipinski definition) is 3. The Hall–Kier alpha value is -3.36. The van der Waals surface area contributed by atoms with Crippen molar-refractivity contribution in [2.75, 3.05) is 35.7 Å². The quantitative estimate of drug-likeness (QED) is 0.709. The van der Waals surface area contributed by atoms with Crippen LogP contribution in [0, 0.1) is 5.92 Å². The van der Waals surface area contributed by atoms with Gasteiger partial charge < -0.3 is 20.3 Å². The Labute approximate surface area is 173 Å². The number of benzene rings is 1. The van der Waals surface area contributed by atoms with Gasteiger partial charge in [-0.15, -0.1) is 0 Å².